The van der Waals surface area contributed by atoms with Gasteiger partial charge in [0.2, 0.25) is 0 Å². The van der Waals surface area contributed by atoms with Crippen molar-refractivity contribution in [2.75, 3.05) is 0 Å². The number of carbonyl (C=O) groups is 2. The van der Waals surface area contributed by atoms with E-state index in [9.17, 15) is 9.59 Å². The molecule has 0 fully saturated rings. The van der Waals surface area contributed by atoms with E-state index in [0.29, 0.717) is 6.42 Å². The SMILES string of the molecule is C=CC(=O)OC(CC)(OC(=O)C=C)C(CC)(CC)CC. The third-order valence-corrected chi connectivity index (χ3v) is 4.17. The topological polar surface area (TPSA) is 52.6 Å². The van der Waals surface area contributed by atoms with Gasteiger partial charge in [-0.15, -0.1) is 0 Å². The molecule has 0 heterocycles. The maximum absolute atomic E-state index is 11.7. The van der Waals surface area contributed by atoms with Gasteiger partial charge in [-0.3, -0.25) is 0 Å². The van der Waals surface area contributed by atoms with Gasteiger partial charge in [-0.05, 0) is 19.3 Å². The fourth-order valence-electron chi connectivity index (χ4n) is 2.72. The predicted molar refractivity (Wildman–Crippen MR) is 78.9 cm³/mol. The van der Waals surface area contributed by atoms with Crippen LogP contribution >= 0.6 is 0 Å². The Labute approximate surface area is 121 Å². The van der Waals surface area contributed by atoms with Crippen molar-refractivity contribution in [3.05, 3.63) is 25.3 Å². The minimum absolute atomic E-state index is 0.377. The van der Waals surface area contributed by atoms with Crippen LogP contribution in [0.1, 0.15) is 53.4 Å². The largest absolute Gasteiger partial charge is 0.419 e. The summed E-state index contributed by atoms with van der Waals surface area (Å²) in [4.78, 5) is 23.4. The molecule has 0 spiro atoms. The molecule has 0 aliphatic carbocycles. The average Bonchev–Trinajstić information content (AvgIpc) is 2.48. The van der Waals surface area contributed by atoms with E-state index in [4.69, 9.17) is 9.47 Å². The van der Waals surface area contributed by atoms with Crippen LogP contribution in [0.3, 0.4) is 0 Å². The number of esters is 2. The molecule has 0 atom stereocenters. The average molecular weight is 282 g/mol. The first-order valence-electron chi connectivity index (χ1n) is 7.11. The molecule has 0 aromatic heterocycles. The van der Waals surface area contributed by atoms with E-state index in [1.165, 1.54) is 0 Å². The smallest absolute Gasteiger partial charge is 0.333 e. The first-order valence-corrected chi connectivity index (χ1v) is 7.11. The van der Waals surface area contributed by atoms with Crippen molar-refractivity contribution in [2.24, 2.45) is 5.41 Å². The lowest BCUT2D eigenvalue weighted by molar-refractivity contribution is -0.273. The summed E-state index contributed by atoms with van der Waals surface area (Å²) in [6, 6.07) is 0. The molecule has 0 aliphatic rings. The van der Waals surface area contributed by atoms with Crippen molar-refractivity contribution in [1.82, 2.24) is 0 Å². The van der Waals surface area contributed by atoms with E-state index in [1.54, 1.807) is 0 Å². The van der Waals surface area contributed by atoms with Gasteiger partial charge in [-0.25, -0.2) is 9.59 Å². The Hall–Kier alpha value is -1.58. The first kappa shape index (κ1) is 18.4. The molecule has 0 amide bonds. The van der Waals surface area contributed by atoms with Crippen LogP contribution in [-0.2, 0) is 19.1 Å². The number of hydrogen-bond donors (Lipinski definition) is 0. The second-order valence-corrected chi connectivity index (χ2v) is 4.70. The molecule has 0 unspecified atom stereocenters. The van der Waals surface area contributed by atoms with E-state index < -0.39 is 23.1 Å². The molecule has 0 rings (SSSR count). The number of hydrogen-bond acceptors (Lipinski definition) is 4. The molecule has 114 valence electrons. The van der Waals surface area contributed by atoms with E-state index in [0.717, 1.165) is 31.4 Å². The van der Waals surface area contributed by atoms with Crippen LogP contribution in [0.5, 0.6) is 0 Å². The van der Waals surface area contributed by atoms with Gasteiger partial charge in [0, 0.05) is 24.0 Å². The highest BCUT2D eigenvalue weighted by Crippen LogP contribution is 2.47. The minimum atomic E-state index is -1.29. The zero-order valence-electron chi connectivity index (χ0n) is 13.0. The predicted octanol–water partition coefficient (Wildman–Crippen LogP) is 3.77. The zero-order chi connectivity index (χ0) is 15.8. The molecule has 0 aromatic rings. The summed E-state index contributed by atoms with van der Waals surface area (Å²) in [6.07, 6.45) is 4.71. The van der Waals surface area contributed by atoms with Crippen molar-refractivity contribution in [1.29, 1.82) is 0 Å². The van der Waals surface area contributed by atoms with E-state index in [1.807, 2.05) is 27.7 Å². The van der Waals surface area contributed by atoms with Gasteiger partial charge in [0.15, 0.2) is 0 Å². The van der Waals surface area contributed by atoms with E-state index >= 15 is 0 Å². The van der Waals surface area contributed by atoms with Gasteiger partial charge in [0.25, 0.3) is 5.79 Å². The standard InChI is InChI=1S/C16H26O4/c1-7-13(17)19-16(12-6,20-14(18)8-2)15(9-3,10-4)11-5/h7-8H,1-2,9-12H2,3-6H3. The zero-order valence-corrected chi connectivity index (χ0v) is 13.0. The molecular weight excluding hydrogens is 256 g/mol. The van der Waals surface area contributed by atoms with Crippen LogP contribution in [0.15, 0.2) is 25.3 Å². The number of ether oxygens (including phenoxy) is 2. The van der Waals surface area contributed by atoms with Gasteiger partial charge in [0.1, 0.15) is 0 Å². The lowest BCUT2D eigenvalue weighted by atomic mass is 9.71. The molecule has 4 nitrogen and oxygen atoms in total. The summed E-state index contributed by atoms with van der Waals surface area (Å²) in [6.45, 7) is 14.6. The first-order chi connectivity index (χ1) is 9.40. The molecule has 0 saturated carbocycles. The third kappa shape index (κ3) is 3.50. The maximum Gasteiger partial charge on any atom is 0.333 e. The third-order valence-electron chi connectivity index (χ3n) is 4.17. The monoisotopic (exact) mass is 282 g/mol. The lowest BCUT2D eigenvalue weighted by Crippen LogP contribution is -2.53. The molecule has 0 saturated heterocycles. The molecule has 0 bridgehead atoms. The Bertz CT molecular complexity index is 336. The summed E-state index contributed by atoms with van der Waals surface area (Å²) in [5.41, 5.74) is -0.431. The fourth-order valence-corrected chi connectivity index (χ4v) is 2.72. The number of carbonyl (C=O) groups excluding carboxylic acids is 2. The van der Waals surface area contributed by atoms with Crippen LogP contribution in [0.25, 0.3) is 0 Å². The van der Waals surface area contributed by atoms with Crippen LogP contribution in [0.2, 0.25) is 0 Å². The Morgan fingerprint density at radius 3 is 1.40 bits per heavy atom. The summed E-state index contributed by atoms with van der Waals surface area (Å²) in [5.74, 6) is -2.48. The second kappa shape index (κ2) is 7.88. The summed E-state index contributed by atoms with van der Waals surface area (Å²) in [5, 5.41) is 0. The Kier molecular flexibility index (Phi) is 7.25. The highest BCUT2D eigenvalue weighted by molar-refractivity contribution is 5.83. The Morgan fingerprint density at radius 2 is 1.20 bits per heavy atom. The van der Waals surface area contributed by atoms with Crippen molar-refractivity contribution in [3.63, 3.8) is 0 Å². The van der Waals surface area contributed by atoms with Crippen LogP contribution in [0.4, 0.5) is 0 Å². The fraction of sp³-hybridized carbons (Fsp3) is 0.625. The van der Waals surface area contributed by atoms with Gasteiger partial charge >= 0.3 is 11.9 Å². The van der Waals surface area contributed by atoms with Crippen LogP contribution in [0, 0.1) is 5.41 Å². The molecule has 4 heteroatoms. The van der Waals surface area contributed by atoms with Crippen molar-refractivity contribution in [2.45, 2.75) is 59.2 Å². The van der Waals surface area contributed by atoms with Crippen LogP contribution < -0.4 is 0 Å². The summed E-state index contributed by atoms with van der Waals surface area (Å²) < 4.78 is 11.0. The highest BCUT2D eigenvalue weighted by atomic mass is 16.7. The molecule has 0 aromatic carbocycles. The molecule has 0 radical (unpaired) electrons. The number of rotatable bonds is 9. The lowest BCUT2D eigenvalue weighted by Gasteiger charge is -2.47. The Balaban J connectivity index is 5.82. The second-order valence-electron chi connectivity index (χ2n) is 4.70. The molecule has 0 aliphatic heterocycles. The van der Waals surface area contributed by atoms with E-state index in [-0.39, 0.29) is 0 Å². The van der Waals surface area contributed by atoms with Crippen molar-refractivity contribution >= 4 is 11.9 Å². The van der Waals surface area contributed by atoms with E-state index in [2.05, 4.69) is 13.2 Å². The highest BCUT2D eigenvalue weighted by Gasteiger charge is 2.53. The Morgan fingerprint density at radius 1 is 0.850 bits per heavy atom. The molecule has 0 N–H and O–H groups in total. The van der Waals surface area contributed by atoms with Crippen molar-refractivity contribution in [3.8, 4) is 0 Å². The van der Waals surface area contributed by atoms with Gasteiger partial charge in [-0.2, -0.15) is 0 Å². The normalized spacial score (nSPS) is 11.6. The summed E-state index contributed by atoms with van der Waals surface area (Å²) >= 11 is 0. The summed E-state index contributed by atoms with van der Waals surface area (Å²) in [7, 11) is 0. The van der Waals surface area contributed by atoms with Gasteiger partial charge in [-0.1, -0.05) is 40.9 Å². The quantitative estimate of drug-likeness (QED) is 0.367. The minimum Gasteiger partial charge on any atom is -0.419 e. The van der Waals surface area contributed by atoms with Crippen LogP contribution in [-0.4, -0.2) is 17.7 Å². The van der Waals surface area contributed by atoms with Crippen molar-refractivity contribution < 1.29 is 19.1 Å². The maximum atomic E-state index is 11.7. The van der Waals surface area contributed by atoms with Gasteiger partial charge in [0.05, 0.1) is 0 Å². The molecule has 20 heavy (non-hydrogen) atoms. The molecular formula is C16H26O4. The van der Waals surface area contributed by atoms with Gasteiger partial charge < -0.3 is 9.47 Å².